The molecule has 0 aliphatic rings. The zero-order valence-corrected chi connectivity index (χ0v) is 11.3. The molecule has 0 radical (unpaired) electrons. The van der Waals surface area contributed by atoms with Crippen LogP contribution in [-0.4, -0.2) is 34.2 Å². The van der Waals surface area contributed by atoms with Crippen LogP contribution in [0.4, 0.5) is 0 Å². The Hall–Kier alpha value is -2.41. The molecule has 2 atom stereocenters. The molecule has 1 rings (SSSR count). The molecule has 0 saturated carbocycles. The van der Waals surface area contributed by atoms with Gasteiger partial charge in [-0.15, -0.1) is 0 Å². The standard InChI is InChI=1S/C14H17NO6/c15-11(13(18)19)7-6-10(12(16)17)14(20)21-8-9-4-2-1-3-5-9/h1-5,10-11H,6-8,15H2,(H,16,17)(H,18,19). The fourth-order valence-electron chi connectivity index (χ4n) is 1.64. The second-order valence-electron chi connectivity index (χ2n) is 4.51. The van der Waals surface area contributed by atoms with Gasteiger partial charge in [-0.2, -0.15) is 0 Å². The number of nitrogens with two attached hydrogens (primary N) is 1. The minimum atomic E-state index is -1.42. The highest BCUT2D eigenvalue weighted by Gasteiger charge is 2.29. The molecule has 0 heterocycles. The number of benzene rings is 1. The molecule has 2 unspecified atom stereocenters. The predicted molar refractivity (Wildman–Crippen MR) is 72.2 cm³/mol. The fraction of sp³-hybridized carbons (Fsp3) is 0.357. The van der Waals surface area contributed by atoms with Crippen LogP contribution in [-0.2, 0) is 25.7 Å². The van der Waals surface area contributed by atoms with Gasteiger partial charge in [0.05, 0.1) is 0 Å². The molecule has 21 heavy (non-hydrogen) atoms. The van der Waals surface area contributed by atoms with E-state index in [0.29, 0.717) is 0 Å². The first-order chi connectivity index (χ1) is 9.91. The van der Waals surface area contributed by atoms with Crippen LogP contribution in [0.2, 0.25) is 0 Å². The molecule has 0 aliphatic heterocycles. The zero-order valence-electron chi connectivity index (χ0n) is 11.3. The monoisotopic (exact) mass is 295 g/mol. The molecule has 0 fully saturated rings. The summed E-state index contributed by atoms with van der Waals surface area (Å²) in [4.78, 5) is 33.4. The van der Waals surface area contributed by atoms with Gasteiger partial charge in [0.25, 0.3) is 0 Å². The first-order valence-corrected chi connectivity index (χ1v) is 6.33. The summed E-state index contributed by atoms with van der Waals surface area (Å²) >= 11 is 0. The Bertz CT molecular complexity index is 501. The van der Waals surface area contributed by atoms with Crippen molar-refractivity contribution in [3.05, 3.63) is 35.9 Å². The van der Waals surface area contributed by atoms with E-state index < -0.39 is 29.9 Å². The van der Waals surface area contributed by atoms with Crippen LogP contribution in [0.25, 0.3) is 0 Å². The maximum Gasteiger partial charge on any atom is 0.320 e. The summed E-state index contributed by atoms with van der Waals surface area (Å²) < 4.78 is 4.94. The third kappa shape index (κ3) is 5.62. The van der Waals surface area contributed by atoms with Crippen LogP contribution in [0.1, 0.15) is 18.4 Å². The van der Waals surface area contributed by atoms with Gasteiger partial charge >= 0.3 is 17.9 Å². The molecule has 0 saturated heterocycles. The average Bonchev–Trinajstić information content (AvgIpc) is 2.45. The van der Waals surface area contributed by atoms with Crippen molar-refractivity contribution in [2.45, 2.75) is 25.5 Å². The number of carbonyl (C=O) groups is 3. The van der Waals surface area contributed by atoms with Crippen molar-refractivity contribution in [3.8, 4) is 0 Å². The molecular weight excluding hydrogens is 278 g/mol. The lowest BCUT2D eigenvalue weighted by molar-refractivity contribution is -0.160. The number of carboxylic acids is 2. The molecule has 7 heteroatoms. The van der Waals surface area contributed by atoms with Crippen molar-refractivity contribution in [2.24, 2.45) is 11.7 Å². The van der Waals surface area contributed by atoms with Crippen LogP contribution in [0, 0.1) is 5.92 Å². The van der Waals surface area contributed by atoms with E-state index in [-0.39, 0.29) is 19.4 Å². The number of rotatable bonds is 8. The van der Waals surface area contributed by atoms with E-state index in [2.05, 4.69) is 0 Å². The Labute approximate surface area is 121 Å². The molecule has 0 aliphatic carbocycles. The highest BCUT2D eigenvalue weighted by atomic mass is 16.5. The van der Waals surface area contributed by atoms with E-state index in [4.69, 9.17) is 20.7 Å². The summed E-state index contributed by atoms with van der Waals surface area (Å²) in [6.07, 6.45) is -0.302. The molecule has 1 aromatic rings. The predicted octanol–water partition coefficient (Wildman–Crippen LogP) is 0.623. The van der Waals surface area contributed by atoms with Crippen molar-refractivity contribution < 1.29 is 29.3 Å². The molecule has 114 valence electrons. The third-order valence-electron chi connectivity index (χ3n) is 2.89. The van der Waals surface area contributed by atoms with Crippen molar-refractivity contribution in [1.29, 1.82) is 0 Å². The Kier molecular flexibility index (Phi) is 6.35. The zero-order chi connectivity index (χ0) is 15.8. The molecule has 7 nitrogen and oxygen atoms in total. The van der Waals surface area contributed by atoms with Gasteiger partial charge in [0.1, 0.15) is 12.6 Å². The SMILES string of the molecule is NC(CCC(C(=O)O)C(=O)OCc1ccccc1)C(=O)O. The van der Waals surface area contributed by atoms with Gasteiger partial charge in [-0.25, -0.2) is 0 Å². The van der Waals surface area contributed by atoms with Gasteiger partial charge in [-0.05, 0) is 18.4 Å². The number of hydrogen-bond acceptors (Lipinski definition) is 5. The number of aliphatic carboxylic acids is 2. The minimum absolute atomic E-state index is 0.0333. The van der Waals surface area contributed by atoms with Crippen LogP contribution in [0.5, 0.6) is 0 Å². The highest BCUT2D eigenvalue weighted by molar-refractivity contribution is 5.93. The molecule has 0 spiro atoms. The highest BCUT2D eigenvalue weighted by Crippen LogP contribution is 2.12. The molecule has 0 aromatic heterocycles. The maximum absolute atomic E-state index is 11.7. The van der Waals surface area contributed by atoms with Gasteiger partial charge in [-0.3, -0.25) is 14.4 Å². The summed E-state index contributed by atoms with van der Waals surface area (Å²) in [7, 11) is 0. The summed E-state index contributed by atoms with van der Waals surface area (Å²) in [5, 5.41) is 17.6. The Morgan fingerprint density at radius 2 is 1.67 bits per heavy atom. The lowest BCUT2D eigenvalue weighted by Crippen LogP contribution is -2.33. The van der Waals surface area contributed by atoms with Crippen molar-refractivity contribution in [3.63, 3.8) is 0 Å². The van der Waals surface area contributed by atoms with Crippen LogP contribution in [0.3, 0.4) is 0 Å². The maximum atomic E-state index is 11.7. The summed E-state index contributed by atoms with van der Waals surface area (Å²) in [6.45, 7) is -0.0333. The second kappa shape index (κ2) is 8.01. The second-order valence-corrected chi connectivity index (χ2v) is 4.51. The quantitative estimate of drug-likeness (QED) is 0.474. The normalized spacial score (nSPS) is 13.2. The Morgan fingerprint density at radius 1 is 1.05 bits per heavy atom. The van der Waals surface area contributed by atoms with E-state index in [9.17, 15) is 14.4 Å². The number of hydrogen-bond donors (Lipinski definition) is 3. The van der Waals surface area contributed by atoms with Gasteiger partial charge < -0.3 is 20.7 Å². The first-order valence-electron chi connectivity index (χ1n) is 6.33. The van der Waals surface area contributed by atoms with Crippen LogP contribution < -0.4 is 5.73 Å². The van der Waals surface area contributed by atoms with Crippen LogP contribution >= 0.6 is 0 Å². The van der Waals surface area contributed by atoms with E-state index in [1.54, 1.807) is 30.3 Å². The van der Waals surface area contributed by atoms with E-state index >= 15 is 0 Å². The van der Waals surface area contributed by atoms with Gasteiger partial charge in [0, 0.05) is 0 Å². The summed E-state index contributed by atoms with van der Waals surface area (Å²) in [5.41, 5.74) is 6.02. The van der Waals surface area contributed by atoms with Crippen molar-refractivity contribution >= 4 is 17.9 Å². The van der Waals surface area contributed by atoms with Gasteiger partial charge in [-0.1, -0.05) is 30.3 Å². The molecule has 0 bridgehead atoms. The lowest BCUT2D eigenvalue weighted by atomic mass is 10.0. The van der Waals surface area contributed by atoms with Crippen molar-refractivity contribution in [2.75, 3.05) is 0 Å². The topological polar surface area (TPSA) is 127 Å². The van der Waals surface area contributed by atoms with Gasteiger partial charge in [0.2, 0.25) is 0 Å². The molecule has 1 aromatic carbocycles. The van der Waals surface area contributed by atoms with E-state index in [1.165, 1.54) is 0 Å². The molecule has 4 N–H and O–H groups in total. The molecular formula is C14H17NO6. The summed E-state index contributed by atoms with van der Waals surface area (Å²) in [5.74, 6) is -4.91. The average molecular weight is 295 g/mol. The minimum Gasteiger partial charge on any atom is -0.481 e. The first kappa shape index (κ1) is 16.6. The van der Waals surface area contributed by atoms with E-state index in [0.717, 1.165) is 5.56 Å². The molecule has 0 amide bonds. The summed E-state index contributed by atoms with van der Waals surface area (Å²) in [6, 6.07) is 7.62. The van der Waals surface area contributed by atoms with Crippen molar-refractivity contribution in [1.82, 2.24) is 0 Å². The van der Waals surface area contributed by atoms with E-state index in [1.807, 2.05) is 0 Å². The third-order valence-corrected chi connectivity index (χ3v) is 2.89. The van der Waals surface area contributed by atoms with Gasteiger partial charge in [0.15, 0.2) is 5.92 Å². The number of carboxylic acid groups (broad SMARTS) is 2. The van der Waals surface area contributed by atoms with Crippen LogP contribution in [0.15, 0.2) is 30.3 Å². The number of esters is 1. The smallest absolute Gasteiger partial charge is 0.320 e. The Balaban J connectivity index is 2.53. The fourth-order valence-corrected chi connectivity index (χ4v) is 1.64. The number of carbonyl (C=O) groups excluding carboxylic acids is 1. The lowest BCUT2D eigenvalue weighted by Gasteiger charge is -2.13. The Morgan fingerprint density at radius 3 is 2.19 bits per heavy atom. The largest absolute Gasteiger partial charge is 0.481 e. The number of ether oxygens (including phenoxy) is 1.